The number of rotatable bonds is 7. The Morgan fingerprint density at radius 1 is 1.10 bits per heavy atom. The van der Waals surface area contributed by atoms with Crippen LogP contribution in [0.25, 0.3) is 0 Å². The van der Waals surface area contributed by atoms with E-state index >= 15 is 0 Å². The number of nitrogens with one attached hydrogen (secondary N) is 2. The summed E-state index contributed by atoms with van der Waals surface area (Å²) in [5, 5.41) is 4.95. The van der Waals surface area contributed by atoms with E-state index in [9.17, 15) is 18.0 Å². The molecular formula is C20H22BrN3O6S. The average Bonchev–Trinajstić information content (AvgIpc) is 3.26. The van der Waals surface area contributed by atoms with E-state index in [1.807, 2.05) is 0 Å². The molecule has 1 saturated heterocycles. The van der Waals surface area contributed by atoms with Crippen LogP contribution in [0, 0.1) is 0 Å². The fourth-order valence-corrected chi connectivity index (χ4v) is 4.72. The van der Waals surface area contributed by atoms with E-state index in [1.54, 1.807) is 43.5 Å². The molecule has 3 rings (SSSR count). The highest BCUT2D eigenvalue weighted by Gasteiger charge is 2.36. The van der Waals surface area contributed by atoms with Crippen molar-refractivity contribution in [2.45, 2.75) is 17.7 Å². The lowest BCUT2D eigenvalue weighted by Crippen LogP contribution is -2.47. The number of hydrogen-bond donors (Lipinski definition) is 2. The summed E-state index contributed by atoms with van der Waals surface area (Å²) in [4.78, 5) is 24.3. The van der Waals surface area contributed by atoms with Gasteiger partial charge in [-0.1, -0.05) is 28.1 Å². The van der Waals surface area contributed by atoms with Gasteiger partial charge in [-0.15, -0.1) is 0 Å². The van der Waals surface area contributed by atoms with Crippen LogP contribution in [0.2, 0.25) is 0 Å². The van der Waals surface area contributed by atoms with Crippen molar-refractivity contribution in [2.75, 3.05) is 26.8 Å². The third kappa shape index (κ3) is 5.82. The summed E-state index contributed by atoms with van der Waals surface area (Å²) in [7, 11) is -2.24. The van der Waals surface area contributed by atoms with Gasteiger partial charge in [-0.2, -0.15) is 4.31 Å². The van der Waals surface area contributed by atoms with Crippen molar-refractivity contribution in [1.29, 1.82) is 0 Å². The van der Waals surface area contributed by atoms with Crippen molar-refractivity contribution >= 4 is 37.8 Å². The Balaban J connectivity index is 1.53. The van der Waals surface area contributed by atoms with E-state index in [0.29, 0.717) is 5.75 Å². The molecule has 2 aromatic carbocycles. The Morgan fingerprint density at radius 2 is 1.74 bits per heavy atom. The van der Waals surface area contributed by atoms with E-state index in [4.69, 9.17) is 9.47 Å². The normalized spacial score (nSPS) is 16.6. The van der Waals surface area contributed by atoms with Gasteiger partial charge in [-0.3, -0.25) is 9.59 Å². The van der Waals surface area contributed by atoms with E-state index < -0.39 is 28.1 Å². The summed E-state index contributed by atoms with van der Waals surface area (Å²) < 4.78 is 38.2. The number of carbonyl (C=O) groups is 2. The maximum Gasteiger partial charge on any atom is 0.309 e. The Morgan fingerprint density at radius 3 is 2.39 bits per heavy atom. The number of amides is 2. The van der Waals surface area contributed by atoms with Gasteiger partial charge < -0.3 is 20.1 Å². The lowest BCUT2D eigenvalue weighted by Gasteiger charge is -2.22. The van der Waals surface area contributed by atoms with Gasteiger partial charge in [0, 0.05) is 17.6 Å². The minimum atomic E-state index is -3.80. The van der Waals surface area contributed by atoms with Gasteiger partial charge in [0.15, 0.2) is 0 Å². The molecule has 0 aliphatic carbocycles. The van der Waals surface area contributed by atoms with Crippen LogP contribution in [-0.4, -0.2) is 57.6 Å². The van der Waals surface area contributed by atoms with E-state index in [-0.39, 0.29) is 31.1 Å². The van der Waals surface area contributed by atoms with Crippen molar-refractivity contribution in [2.24, 2.45) is 0 Å². The standard InChI is InChI=1S/C20H22BrN3O6S/c1-29-16-6-2-14(3-7-16)12-22-19(25)20(26)23-13-18-24(10-11-30-18)31(27,28)17-8-4-15(21)5-9-17/h2-9,18H,10-13H2,1H3,(H,22,25)(H,23,26)/t18-/m1/s1. The molecule has 2 N–H and O–H groups in total. The summed E-state index contributed by atoms with van der Waals surface area (Å²) in [6.45, 7) is 0.368. The number of nitrogens with zero attached hydrogens (tertiary/aromatic N) is 1. The first kappa shape index (κ1) is 23.2. The second kappa shape index (κ2) is 10.2. The molecule has 2 amide bonds. The molecule has 9 nitrogen and oxygen atoms in total. The lowest BCUT2D eigenvalue weighted by molar-refractivity contribution is -0.139. The first-order chi connectivity index (χ1) is 14.8. The second-order valence-corrected chi connectivity index (χ2v) is 9.44. The fourth-order valence-electron chi connectivity index (χ4n) is 2.95. The molecule has 0 spiro atoms. The van der Waals surface area contributed by atoms with Crippen LogP contribution in [0.1, 0.15) is 5.56 Å². The third-order valence-electron chi connectivity index (χ3n) is 4.62. The SMILES string of the molecule is COc1ccc(CNC(=O)C(=O)NC[C@H]2OCCN2S(=O)(=O)c2ccc(Br)cc2)cc1. The Hall–Kier alpha value is -2.47. The molecular weight excluding hydrogens is 490 g/mol. The van der Waals surface area contributed by atoms with E-state index in [1.165, 1.54) is 16.4 Å². The predicted octanol–water partition coefficient (Wildman–Crippen LogP) is 1.24. The molecule has 1 aliphatic rings. The van der Waals surface area contributed by atoms with Gasteiger partial charge in [0.1, 0.15) is 12.0 Å². The molecule has 2 aromatic rings. The molecule has 166 valence electrons. The molecule has 0 radical (unpaired) electrons. The molecule has 1 atom stereocenters. The quantitative estimate of drug-likeness (QED) is 0.540. The monoisotopic (exact) mass is 511 g/mol. The molecule has 1 heterocycles. The minimum Gasteiger partial charge on any atom is -0.497 e. The third-order valence-corrected chi connectivity index (χ3v) is 7.05. The maximum absolute atomic E-state index is 12.9. The van der Waals surface area contributed by atoms with Crippen molar-refractivity contribution in [3.8, 4) is 5.75 Å². The molecule has 1 aliphatic heterocycles. The van der Waals surface area contributed by atoms with Crippen LogP contribution >= 0.6 is 15.9 Å². The first-order valence-corrected chi connectivity index (χ1v) is 11.6. The Kier molecular flexibility index (Phi) is 7.65. The van der Waals surface area contributed by atoms with Crippen LogP contribution in [0.15, 0.2) is 57.9 Å². The van der Waals surface area contributed by atoms with E-state index in [2.05, 4.69) is 26.6 Å². The minimum absolute atomic E-state index is 0.120. The van der Waals surface area contributed by atoms with Crippen LogP contribution in [0.5, 0.6) is 5.75 Å². The highest BCUT2D eigenvalue weighted by Crippen LogP contribution is 2.23. The smallest absolute Gasteiger partial charge is 0.309 e. The number of ether oxygens (including phenoxy) is 2. The van der Waals surface area contributed by atoms with Crippen molar-refractivity contribution in [1.82, 2.24) is 14.9 Å². The van der Waals surface area contributed by atoms with Gasteiger partial charge in [0.05, 0.1) is 25.2 Å². The van der Waals surface area contributed by atoms with Gasteiger partial charge in [-0.05, 0) is 42.0 Å². The Bertz CT molecular complexity index is 1030. The average molecular weight is 512 g/mol. The zero-order valence-electron chi connectivity index (χ0n) is 16.7. The lowest BCUT2D eigenvalue weighted by atomic mass is 10.2. The van der Waals surface area contributed by atoms with Crippen molar-refractivity contribution < 1.29 is 27.5 Å². The van der Waals surface area contributed by atoms with Crippen LogP contribution in [0.4, 0.5) is 0 Å². The van der Waals surface area contributed by atoms with Crippen molar-refractivity contribution in [3.63, 3.8) is 0 Å². The molecule has 1 fully saturated rings. The summed E-state index contributed by atoms with van der Waals surface area (Å²) in [5.74, 6) is -1.01. The topological polar surface area (TPSA) is 114 Å². The number of hydrogen-bond acceptors (Lipinski definition) is 6. The largest absolute Gasteiger partial charge is 0.497 e. The Labute approximate surface area is 188 Å². The number of halogens is 1. The van der Waals surface area contributed by atoms with Crippen LogP contribution in [0.3, 0.4) is 0 Å². The maximum atomic E-state index is 12.9. The van der Waals surface area contributed by atoms with Crippen LogP contribution in [-0.2, 0) is 30.9 Å². The number of methoxy groups -OCH3 is 1. The van der Waals surface area contributed by atoms with Crippen molar-refractivity contribution in [3.05, 3.63) is 58.6 Å². The zero-order chi connectivity index (χ0) is 22.4. The van der Waals surface area contributed by atoms with Gasteiger partial charge in [0.2, 0.25) is 10.0 Å². The fraction of sp³-hybridized carbons (Fsp3) is 0.300. The summed E-state index contributed by atoms with van der Waals surface area (Å²) in [6, 6.07) is 13.3. The highest BCUT2D eigenvalue weighted by atomic mass is 79.9. The molecule has 31 heavy (non-hydrogen) atoms. The van der Waals surface area contributed by atoms with Gasteiger partial charge in [0.25, 0.3) is 0 Å². The number of sulfonamides is 1. The molecule has 0 unspecified atom stereocenters. The van der Waals surface area contributed by atoms with E-state index in [0.717, 1.165) is 10.0 Å². The summed E-state index contributed by atoms with van der Waals surface area (Å²) in [5.41, 5.74) is 0.799. The first-order valence-electron chi connectivity index (χ1n) is 9.39. The summed E-state index contributed by atoms with van der Waals surface area (Å²) >= 11 is 3.27. The van der Waals surface area contributed by atoms with Gasteiger partial charge >= 0.3 is 11.8 Å². The molecule has 0 bridgehead atoms. The second-order valence-electron chi connectivity index (χ2n) is 6.64. The molecule has 11 heteroatoms. The molecule has 0 aromatic heterocycles. The molecule has 0 saturated carbocycles. The predicted molar refractivity (Wildman–Crippen MR) is 116 cm³/mol. The number of carbonyl (C=O) groups excluding carboxylic acids is 2. The summed E-state index contributed by atoms with van der Waals surface area (Å²) in [6.07, 6.45) is -0.896. The van der Waals surface area contributed by atoms with Crippen LogP contribution < -0.4 is 15.4 Å². The number of benzene rings is 2. The highest BCUT2D eigenvalue weighted by molar-refractivity contribution is 9.10. The zero-order valence-corrected chi connectivity index (χ0v) is 19.1. The van der Waals surface area contributed by atoms with Gasteiger partial charge in [-0.25, -0.2) is 8.42 Å².